The Morgan fingerprint density at radius 1 is 0.342 bits per heavy atom. The van der Waals surface area contributed by atoms with Gasteiger partial charge in [-0.05, 0) is 43.4 Å². The predicted octanol–water partition coefficient (Wildman–Crippen LogP) is 15.9. The van der Waals surface area contributed by atoms with E-state index in [-0.39, 0.29) is 25.7 Å². The van der Waals surface area contributed by atoms with Crippen LogP contribution < -0.4 is 0 Å². The van der Waals surface area contributed by atoms with Gasteiger partial charge >= 0.3 is 39.5 Å². The number of phosphoric ester groups is 2. The van der Waals surface area contributed by atoms with E-state index >= 15 is 0 Å². The molecule has 79 heavy (non-hydrogen) atoms. The molecule has 0 saturated heterocycles. The van der Waals surface area contributed by atoms with Gasteiger partial charge in [0.15, 0.2) is 12.2 Å². The molecule has 5 atom stereocenters. The molecule has 0 rings (SSSR count). The first-order valence-electron chi connectivity index (χ1n) is 31.3. The average molecular weight is 1170 g/mol. The maximum atomic E-state index is 12.9. The number of rotatable bonds is 58. The molecule has 0 saturated carbocycles. The number of phosphoric acid groups is 2. The van der Waals surface area contributed by atoms with E-state index in [9.17, 15) is 43.2 Å². The SMILES string of the molecule is CCCCCCCC(=O)OC[C@H](COP(=O)(O)OC[C@H](O)COP(=O)(O)OC[C@@H](COC(=O)CCCCCCCCCCC(C)C)OC(=O)CCCCCCCCCCCCCC(C)C)OC(=O)CCCCCCCCC(C)C. The fourth-order valence-electron chi connectivity index (χ4n) is 8.77. The smallest absolute Gasteiger partial charge is 0.462 e. The van der Waals surface area contributed by atoms with Gasteiger partial charge in [0.1, 0.15) is 19.3 Å². The molecule has 468 valence electrons. The van der Waals surface area contributed by atoms with Crippen LogP contribution in [0.25, 0.3) is 0 Å². The van der Waals surface area contributed by atoms with Crippen LogP contribution in [0.4, 0.5) is 0 Å². The number of carbonyl (C=O) groups excluding carboxylic acids is 4. The molecular weight excluding hydrogens is 1050 g/mol. The second kappa shape index (κ2) is 51.7. The number of hydrogen-bond acceptors (Lipinski definition) is 15. The van der Waals surface area contributed by atoms with Crippen molar-refractivity contribution in [1.29, 1.82) is 0 Å². The maximum absolute atomic E-state index is 12.9. The van der Waals surface area contributed by atoms with E-state index in [1.54, 1.807) is 0 Å². The van der Waals surface area contributed by atoms with Gasteiger partial charge < -0.3 is 33.8 Å². The second-order valence-electron chi connectivity index (χ2n) is 23.2. The summed E-state index contributed by atoms with van der Waals surface area (Å²) in [6.07, 6.45) is 31.3. The van der Waals surface area contributed by atoms with E-state index in [1.165, 1.54) is 89.9 Å². The third-order valence-corrected chi connectivity index (χ3v) is 15.5. The molecule has 17 nitrogen and oxygen atoms in total. The number of hydrogen-bond donors (Lipinski definition) is 3. The largest absolute Gasteiger partial charge is 0.472 e. The van der Waals surface area contributed by atoms with Crippen LogP contribution in [-0.4, -0.2) is 96.7 Å². The fourth-order valence-corrected chi connectivity index (χ4v) is 10.4. The number of esters is 4. The van der Waals surface area contributed by atoms with Gasteiger partial charge in [-0.2, -0.15) is 0 Å². The van der Waals surface area contributed by atoms with Gasteiger partial charge in [-0.3, -0.25) is 37.3 Å². The molecule has 0 bridgehead atoms. The third-order valence-electron chi connectivity index (χ3n) is 13.6. The molecule has 19 heteroatoms. The highest BCUT2D eigenvalue weighted by atomic mass is 31.2. The quantitative estimate of drug-likeness (QED) is 0.0222. The van der Waals surface area contributed by atoms with Gasteiger partial charge in [0.2, 0.25) is 0 Å². The average Bonchev–Trinajstić information content (AvgIpc) is 3.39. The molecule has 3 N–H and O–H groups in total. The van der Waals surface area contributed by atoms with Gasteiger partial charge in [0, 0.05) is 25.7 Å². The Hall–Kier alpha value is -1.94. The summed E-state index contributed by atoms with van der Waals surface area (Å²) in [4.78, 5) is 71.7. The number of ether oxygens (including phenoxy) is 4. The summed E-state index contributed by atoms with van der Waals surface area (Å²) in [6.45, 7) is 11.5. The highest BCUT2D eigenvalue weighted by molar-refractivity contribution is 7.47. The molecule has 0 aliphatic carbocycles. The van der Waals surface area contributed by atoms with Crippen molar-refractivity contribution < 1.29 is 80.2 Å². The Balaban J connectivity index is 5.19. The summed E-state index contributed by atoms with van der Waals surface area (Å²) in [7, 11) is -9.87. The summed E-state index contributed by atoms with van der Waals surface area (Å²) < 4.78 is 67.6. The Labute approximate surface area is 479 Å². The second-order valence-corrected chi connectivity index (χ2v) is 26.1. The Morgan fingerprint density at radius 3 is 0.861 bits per heavy atom. The Kier molecular flexibility index (Phi) is 50.4. The summed E-state index contributed by atoms with van der Waals surface area (Å²) in [5, 5.41) is 10.5. The first-order valence-corrected chi connectivity index (χ1v) is 34.3. The van der Waals surface area contributed by atoms with E-state index in [0.29, 0.717) is 31.6 Å². The summed E-state index contributed by atoms with van der Waals surface area (Å²) in [6, 6.07) is 0. The Morgan fingerprint density at radius 2 is 0.582 bits per heavy atom. The van der Waals surface area contributed by atoms with Crippen molar-refractivity contribution in [3.8, 4) is 0 Å². The van der Waals surface area contributed by atoms with Gasteiger partial charge in [0.25, 0.3) is 0 Å². The molecule has 0 aromatic heterocycles. The summed E-state index contributed by atoms with van der Waals surface area (Å²) >= 11 is 0. The minimum absolute atomic E-state index is 0.101. The van der Waals surface area contributed by atoms with Crippen molar-refractivity contribution in [2.24, 2.45) is 17.8 Å². The molecular formula is C60H116O17P2. The highest BCUT2D eigenvalue weighted by Gasteiger charge is 2.30. The van der Waals surface area contributed by atoms with Crippen LogP contribution in [0.15, 0.2) is 0 Å². The zero-order chi connectivity index (χ0) is 58.8. The molecule has 2 unspecified atom stereocenters. The number of unbranched alkanes of at least 4 members (excludes halogenated alkanes) is 26. The van der Waals surface area contributed by atoms with E-state index in [0.717, 1.165) is 108 Å². The summed E-state index contributed by atoms with van der Waals surface area (Å²) in [5.41, 5.74) is 0. The maximum Gasteiger partial charge on any atom is 0.472 e. The van der Waals surface area contributed by atoms with Crippen LogP contribution in [0, 0.1) is 17.8 Å². The molecule has 0 amide bonds. The topological polar surface area (TPSA) is 237 Å². The molecule has 0 aliphatic rings. The third kappa shape index (κ3) is 55.0. The van der Waals surface area contributed by atoms with Gasteiger partial charge in [-0.1, -0.05) is 235 Å². The van der Waals surface area contributed by atoms with Crippen LogP contribution in [-0.2, 0) is 65.4 Å². The normalized spacial score (nSPS) is 14.5. The molecule has 0 aromatic rings. The van der Waals surface area contributed by atoms with Crippen molar-refractivity contribution in [2.75, 3.05) is 39.6 Å². The van der Waals surface area contributed by atoms with Crippen LogP contribution in [0.3, 0.4) is 0 Å². The van der Waals surface area contributed by atoms with Crippen LogP contribution in [0.5, 0.6) is 0 Å². The standard InChI is InChI=1S/C60H116O17P2/c1-8-9-10-24-34-41-57(62)70-47-55(77-60(65)44-37-30-23-22-27-33-40-53(6)7)49-74-78(66,67)72-45-54(61)46-73-79(68,69)75-50-56(48-71-58(63)42-35-28-20-17-16-19-26-32-39-52(4)5)76-59(64)43-36-29-21-15-13-11-12-14-18-25-31-38-51(2)3/h51-56,61H,8-50H2,1-7H3,(H,66,67)(H,68,69)/t54-,55+,56+/m0/s1. The van der Waals surface area contributed by atoms with Gasteiger partial charge in [-0.15, -0.1) is 0 Å². The van der Waals surface area contributed by atoms with Gasteiger partial charge in [-0.25, -0.2) is 9.13 Å². The van der Waals surface area contributed by atoms with Crippen LogP contribution in [0.2, 0.25) is 0 Å². The number of aliphatic hydroxyl groups excluding tert-OH is 1. The van der Waals surface area contributed by atoms with E-state index in [4.69, 9.17) is 37.0 Å². The highest BCUT2D eigenvalue weighted by Crippen LogP contribution is 2.45. The van der Waals surface area contributed by atoms with Crippen molar-refractivity contribution in [2.45, 2.75) is 304 Å². The lowest BCUT2D eigenvalue weighted by Gasteiger charge is -2.21. The predicted molar refractivity (Wildman–Crippen MR) is 312 cm³/mol. The first kappa shape index (κ1) is 77.1. The number of carbonyl (C=O) groups is 4. The van der Waals surface area contributed by atoms with Crippen molar-refractivity contribution in [3.05, 3.63) is 0 Å². The Bertz CT molecular complexity index is 1580. The van der Waals surface area contributed by atoms with Gasteiger partial charge in [0.05, 0.1) is 26.4 Å². The molecule has 0 aromatic carbocycles. The zero-order valence-electron chi connectivity index (χ0n) is 50.8. The minimum Gasteiger partial charge on any atom is -0.462 e. The lowest BCUT2D eigenvalue weighted by molar-refractivity contribution is -0.161. The molecule has 0 heterocycles. The number of aliphatic hydroxyl groups is 1. The zero-order valence-corrected chi connectivity index (χ0v) is 52.6. The van der Waals surface area contributed by atoms with Crippen LogP contribution in [0.1, 0.15) is 286 Å². The van der Waals surface area contributed by atoms with Crippen molar-refractivity contribution >= 4 is 39.5 Å². The van der Waals surface area contributed by atoms with E-state index < -0.39 is 97.5 Å². The van der Waals surface area contributed by atoms with Crippen molar-refractivity contribution in [3.63, 3.8) is 0 Å². The van der Waals surface area contributed by atoms with E-state index in [2.05, 4.69) is 48.5 Å². The van der Waals surface area contributed by atoms with E-state index in [1.807, 2.05) is 0 Å². The van der Waals surface area contributed by atoms with Crippen LogP contribution >= 0.6 is 15.6 Å². The molecule has 0 radical (unpaired) electrons. The molecule has 0 spiro atoms. The molecule has 0 aliphatic heterocycles. The first-order chi connectivity index (χ1) is 37.7. The minimum atomic E-state index is -4.94. The monoisotopic (exact) mass is 1170 g/mol. The van der Waals surface area contributed by atoms with Crippen molar-refractivity contribution in [1.82, 2.24) is 0 Å². The fraction of sp³-hybridized carbons (Fsp3) is 0.933. The molecule has 0 fully saturated rings. The lowest BCUT2D eigenvalue weighted by atomic mass is 10.0. The summed E-state index contributed by atoms with van der Waals surface area (Å²) in [5.74, 6) is 0.00522. The lowest BCUT2D eigenvalue weighted by Crippen LogP contribution is -2.30.